The first-order valence-electron chi connectivity index (χ1n) is 15.1. The van der Waals surface area contributed by atoms with Crippen LogP contribution in [0.4, 0.5) is 15.7 Å². The number of carbonyl (C=O) groups excluding carboxylic acids is 1. The maximum Gasteiger partial charge on any atom is 0.317 e. The highest BCUT2D eigenvalue weighted by Crippen LogP contribution is 2.39. The number of carbonyl (C=O) groups is 1. The largest absolute Gasteiger partial charge is 0.388 e. The second kappa shape index (κ2) is 14.0. The van der Waals surface area contributed by atoms with Gasteiger partial charge in [0.2, 0.25) is 0 Å². The van der Waals surface area contributed by atoms with Gasteiger partial charge in [0.15, 0.2) is 5.13 Å². The van der Waals surface area contributed by atoms with Gasteiger partial charge < -0.3 is 35.2 Å². The van der Waals surface area contributed by atoms with E-state index in [0.717, 1.165) is 50.0 Å². The van der Waals surface area contributed by atoms with E-state index < -0.39 is 5.60 Å². The van der Waals surface area contributed by atoms with Gasteiger partial charge in [0, 0.05) is 51.9 Å². The van der Waals surface area contributed by atoms with Crippen LogP contribution in [0, 0.1) is 0 Å². The summed E-state index contributed by atoms with van der Waals surface area (Å²) in [5.74, 6) is 1.13. The van der Waals surface area contributed by atoms with E-state index in [1.54, 1.807) is 16.2 Å². The topological polar surface area (TPSA) is 93.2 Å². The Morgan fingerprint density at radius 3 is 2.50 bits per heavy atom. The number of likely N-dealkylation sites (N-methyl/N-ethyl adjacent to an activating group) is 1. The summed E-state index contributed by atoms with van der Waals surface area (Å²) in [5.41, 5.74) is 0.413. The van der Waals surface area contributed by atoms with E-state index in [1.807, 2.05) is 0 Å². The molecule has 2 amide bonds. The quantitative estimate of drug-likeness (QED) is 0.415. The fourth-order valence-corrected chi connectivity index (χ4v) is 7.08. The Balaban J connectivity index is 1.10. The Bertz CT molecular complexity index is 1060. The minimum atomic E-state index is -0.823. The molecule has 1 saturated carbocycles. The van der Waals surface area contributed by atoms with E-state index in [9.17, 15) is 9.90 Å². The lowest BCUT2D eigenvalue weighted by molar-refractivity contribution is -0.0152. The first-order valence-corrected chi connectivity index (χ1v) is 15.9. The number of anilines is 2. The lowest BCUT2D eigenvalue weighted by Crippen LogP contribution is -2.52. The molecule has 3 fully saturated rings. The molecule has 2 aliphatic heterocycles. The summed E-state index contributed by atoms with van der Waals surface area (Å²) in [6.45, 7) is 6.60. The summed E-state index contributed by atoms with van der Waals surface area (Å²) in [7, 11) is 2.18. The number of rotatable bonds is 9. The number of nitrogens with one attached hydrogen (secondary N) is 2. The van der Waals surface area contributed by atoms with Gasteiger partial charge in [-0.3, -0.25) is 0 Å². The molecule has 0 unspecified atom stereocenters. The smallest absolute Gasteiger partial charge is 0.317 e. The Labute approximate surface area is 242 Å². The number of urea groups is 1. The predicted octanol–water partition coefficient (Wildman–Crippen LogP) is 4.25. The maximum absolute atomic E-state index is 12.4. The third kappa shape index (κ3) is 7.66. The molecule has 0 atom stereocenters. The first kappa shape index (κ1) is 29.1. The number of morpholine rings is 1. The molecule has 40 heavy (non-hydrogen) atoms. The summed E-state index contributed by atoms with van der Waals surface area (Å²) in [4.78, 5) is 25.4. The molecule has 3 N–H and O–H groups in total. The number of nitrogens with zero attached hydrogens (tertiary/aromatic N) is 4. The van der Waals surface area contributed by atoms with Crippen LogP contribution in [0.25, 0.3) is 10.4 Å². The molecule has 5 rings (SSSR count). The molecule has 0 radical (unpaired) electrons. The molecule has 2 saturated heterocycles. The number of hydrogen-bond donors (Lipinski definition) is 3. The molecule has 0 bridgehead atoms. The van der Waals surface area contributed by atoms with Crippen LogP contribution in [0.1, 0.15) is 51.4 Å². The second-order valence-corrected chi connectivity index (χ2v) is 12.6. The Kier molecular flexibility index (Phi) is 10.2. The van der Waals surface area contributed by atoms with Crippen molar-refractivity contribution in [2.75, 3.05) is 76.3 Å². The fourth-order valence-electron chi connectivity index (χ4n) is 6.06. The Morgan fingerprint density at radius 1 is 1.10 bits per heavy atom. The number of hydrogen-bond acceptors (Lipinski definition) is 8. The van der Waals surface area contributed by atoms with Crippen molar-refractivity contribution in [3.05, 3.63) is 30.3 Å². The first-order chi connectivity index (χ1) is 19.5. The van der Waals surface area contributed by atoms with Crippen LogP contribution >= 0.6 is 11.3 Å². The molecule has 10 heteroatoms. The number of ether oxygens (including phenoxy) is 1. The van der Waals surface area contributed by atoms with Crippen molar-refractivity contribution in [3.63, 3.8) is 0 Å². The van der Waals surface area contributed by atoms with Gasteiger partial charge in [0.05, 0.1) is 23.7 Å². The van der Waals surface area contributed by atoms with E-state index >= 15 is 0 Å². The van der Waals surface area contributed by atoms with Crippen LogP contribution in [0.5, 0.6) is 0 Å². The Morgan fingerprint density at radius 2 is 1.80 bits per heavy atom. The average molecular weight is 571 g/mol. The molecular weight excluding hydrogens is 524 g/mol. The lowest BCUT2D eigenvalue weighted by Gasteiger charge is -2.40. The number of aromatic nitrogens is 1. The van der Waals surface area contributed by atoms with Gasteiger partial charge in [-0.25, -0.2) is 9.78 Å². The Hall–Kier alpha value is -2.40. The van der Waals surface area contributed by atoms with E-state index in [4.69, 9.17) is 9.72 Å². The van der Waals surface area contributed by atoms with Crippen molar-refractivity contribution in [1.82, 2.24) is 20.1 Å². The monoisotopic (exact) mass is 570 g/mol. The van der Waals surface area contributed by atoms with Crippen LogP contribution in [0.2, 0.25) is 0 Å². The van der Waals surface area contributed by atoms with Crippen molar-refractivity contribution >= 4 is 28.3 Å². The van der Waals surface area contributed by atoms with E-state index in [1.165, 1.54) is 36.1 Å². The van der Waals surface area contributed by atoms with Crippen LogP contribution in [-0.4, -0.2) is 104 Å². The zero-order valence-corrected chi connectivity index (χ0v) is 24.8. The van der Waals surface area contributed by atoms with Gasteiger partial charge in [-0.15, -0.1) is 0 Å². The standard InChI is InChI=1S/C30H46N6O3S/c1-34(25-11-13-30(38,14-12-25)23-32-29(37)36-19-21-39-22-20-36)18-15-31-28-33-27(35-16-7-2-3-8-17-35)26(40-28)24-9-5-4-6-10-24/h4-6,9-10,25,38H,2-3,7-8,11-23H2,1H3,(H,31,33)(H,32,37). The molecule has 3 aliphatic rings. The normalized spacial score (nSPS) is 24.1. The zero-order valence-electron chi connectivity index (χ0n) is 23.9. The maximum atomic E-state index is 12.4. The minimum Gasteiger partial charge on any atom is -0.388 e. The third-order valence-electron chi connectivity index (χ3n) is 8.67. The summed E-state index contributed by atoms with van der Waals surface area (Å²) in [6, 6.07) is 11.0. The van der Waals surface area contributed by atoms with Crippen LogP contribution in [0.3, 0.4) is 0 Å². The van der Waals surface area contributed by atoms with Gasteiger partial charge in [0.1, 0.15) is 5.82 Å². The van der Waals surface area contributed by atoms with Crippen molar-refractivity contribution in [2.24, 2.45) is 0 Å². The molecule has 1 aromatic carbocycles. The summed E-state index contributed by atoms with van der Waals surface area (Å²) in [5, 5.41) is 18.6. The second-order valence-electron chi connectivity index (χ2n) is 11.6. The number of aliphatic hydroxyl groups is 1. The highest BCUT2D eigenvalue weighted by atomic mass is 32.1. The third-order valence-corrected chi connectivity index (χ3v) is 9.72. The molecule has 1 aliphatic carbocycles. The summed E-state index contributed by atoms with van der Waals surface area (Å²) < 4.78 is 5.32. The van der Waals surface area contributed by atoms with Crippen molar-refractivity contribution in [3.8, 4) is 10.4 Å². The predicted molar refractivity (Wildman–Crippen MR) is 162 cm³/mol. The van der Waals surface area contributed by atoms with Crippen LogP contribution in [0.15, 0.2) is 30.3 Å². The molecule has 220 valence electrons. The van der Waals surface area contributed by atoms with Gasteiger partial charge in [-0.05, 0) is 51.1 Å². The van der Waals surface area contributed by atoms with Gasteiger partial charge in [0.25, 0.3) is 0 Å². The minimum absolute atomic E-state index is 0.0985. The molecule has 2 aromatic rings. The van der Waals surface area contributed by atoms with E-state index in [2.05, 4.69) is 57.8 Å². The van der Waals surface area contributed by atoms with Crippen LogP contribution in [-0.2, 0) is 4.74 Å². The molecule has 0 spiro atoms. The van der Waals surface area contributed by atoms with Gasteiger partial charge in [-0.1, -0.05) is 54.5 Å². The number of amides is 2. The molecule has 1 aromatic heterocycles. The van der Waals surface area contributed by atoms with Crippen molar-refractivity contribution in [2.45, 2.75) is 63.0 Å². The lowest BCUT2D eigenvalue weighted by atomic mass is 9.81. The van der Waals surface area contributed by atoms with Crippen molar-refractivity contribution < 1.29 is 14.6 Å². The average Bonchev–Trinajstić information content (AvgIpc) is 3.22. The van der Waals surface area contributed by atoms with E-state index in [-0.39, 0.29) is 6.03 Å². The highest BCUT2D eigenvalue weighted by molar-refractivity contribution is 7.19. The SMILES string of the molecule is CN(CCNc1nc(N2CCCCCC2)c(-c2ccccc2)s1)C1CCC(O)(CNC(=O)N2CCOCC2)CC1. The van der Waals surface area contributed by atoms with Gasteiger partial charge in [-0.2, -0.15) is 0 Å². The molecular formula is C30H46N6O3S. The van der Waals surface area contributed by atoms with Crippen LogP contribution < -0.4 is 15.5 Å². The highest BCUT2D eigenvalue weighted by Gasteiger charge is 2.35. The molecule has 3 heterocycles. The molecule has 9 nitrogen and oxygen atoms in total. The summed E-state index contributed by atoms with van der Waals surface area (Å²) in [6.07, 6.45) is 8.33. The number of benzene rings is 1. The zero-order chi connectivity index (χ0) is 27.8. The van der Waals surface area contributed by atoms with E-state index in [0.29, 0.717) is 51.7 Å². The number of thiazole rings is 1. The van der Waals surface area contributed by atoms with Gasteiger partial charge >= 0.3 is 6.03 Å². The van der Waals surface area contributed by atoms with Crippen molar-refractivity contribution in [1.29, 1.82) is 0 Å². The fraction of sp³-hybridized carbons (Fsp3) is 0.667. The summed E-state index contributed by atoms with van der Waals surface area (Å²) >= 11 is 1.76.